The zero-order chi connectivity index (χ0) is 14.4. The molecule has 0 aliphatic carbocycles. The van der Waals surface area contributed by atoms with Crippen LogP contribution in [0, 0.1) is 0 Å². The molecule has 0 saturated carbocycles. The van der Waals surface area contributed by atoms with E-state index in [0.717, 1.165) is 35.2 Å². The number of carbonyl (C=O) groups excluding carboxylic acids is 1. The van der Waals surface area contributed by atoms with Crippen molar-refractivity contribution in [2.45, 2.75) is 18.4 Å². The van der Waals surface area contributed by atoms with Gasteiger partial charge in [-0.05, 0) is 42.3 Å². The van der Waals surface area contributed by atoms with Gasteiger partial charge in [0, 0.05) is 28.8 Å². The van der Waals surface area contributed by atoms with E-state index < -0.39 is 5.54 Å². The number of rotatable bonds is 1. The number of anilines is 2. The van der Waals surface area contributed by atoms with Crippen LogP contribution in [0.2, 0.25) is 0 Å². The number of hydrogen-bond acceptors (Lipinski definition) is 2. The number of halogens is 1. The van der Waals surface area contributed by atoms with Crippen LogP contribution in [-0.2, 0) is 11.2 Å². The Labute approximate surface area is 132 Å². The molecule has 0 aromatic heterocycles. The molecule has 2 heterocycles. The van der Waals surface area contributed by atoms with Gasteiger partial charge in [-0.15, -0.1) is 0 Å². The van der Waals surface area contributed by atoms with Gasteiger partial charge >= 0.3 is 0 Å². The summed E-state index contributed by atoms with van der Waals surface area (Å²) < 4.78 is 1.03. The molecule has 106 valence electrons. The maximum absolute atomic E-state index is 12.9. The molecule has 1 atom stereocenters. The van der Waals surface area contributed by atoms with Crippen molar-refractivity contribution in [1.82, 2.24) is 0 Å². The maximum atomic E-state index is 12.9. The Morgan fingerprint density at radius 3 is 2.62 bits per heavy atom. The number of nitrogens with zero attached hydrogens (tertiary/aromatic N) is 1. The van der Waals surface area contributed by atoms with Gasteiger partial charge in [-0.25, -0.2) is 0 Å². The molecular weight excluding hydrogens is 328 g/mol. The van der Waals surface area contributed by atoms with Gasteiger partial charge in [-0.1, -0.05) is 34.1 Å². The van der Waals surface area contributed by atoms with Crippen LogP contribution in [0.1, 0.15) is 12.0 Å². The highest BCUT2D eigenvalue weighted by atomic mass is 79.9. The molecule has 2 aliphatic heterocycles. The quantitative estimate of drug-likeness (QED) is 0.858. The topological polar surface area (TPSA) is 32.3 Å². The van der Waals surface area contributed by atoms with Gasteiger partial charge in [0.05, 0.1) is 0 Å². The van der Waals surface area contributed by atoms with E-state index in [2.05, 4.69) is 33.4 Å². The second-order valence-electron chi connectivity index (χ2n) is 5.72. The van der Waals surface area contributed by atoms with E-state index in [1.165, 1.54) is 5.56 Å². The summed E-state index contributed by atoms with van der Waals surface area (Å²) in [5, 5.41) is 3.47. The highest BCUT2D eigenvalue weighted by Gasteiger charge is 2.50. The lowest BCUT2D eigenvalue weighted by Gasteiger charge is -2.24. The summed E-state index contributed by atoms with van der Waals surface area (Å²) in [7, 11) is 0. The summed E-state index contributed by atoms with van der Waals surface area (Å²) in [6.45, 7) is 0.765. The summed E-state index contributed by atoms with van der Waals surface area (Å²) in [5.41, 5.74) is 2.86. The van der Waals surface area contributed by atoms with E-state index in [9.17, 15) is 4.79 Å². The van der Waals surface area contributed by atoms with Crippen molar-refractivity contribution in [3.05, 3.63) is 58.6 Å². The SMILES string of the molecule is O=C1N(c2ccc(Br)cc2)CCC12Cc1ccccc1N2. The third-order valence-electron chi connectivity index (χ3n) is 4.44. The number of benzene rings is 2. The molecule has 2 aromatic rings. The third kappa shape index (κ3) is 1.97. The molecule has 4 heteroatoms. The Kier molecular flexibility index (Phi) is 2.82. The lowest BCUT2D eigenvalue weighted by molar-refractivity contribution is -0.120. The van der Waals surface area contributed by atoms with Crippen LogP contribution in [0.3, 0.4) is 0 Å². The van der Waals surface area contributed by atoms with E-state index >= 15 is 0 Å². The van der Waals surface area contributed by atoms with Gasteiger partial charge in [0.1, 0.15) is 5.54 Å². The molecular formula is C17H15BrN2O. The van der Waals surface area contributed by atoms with Gasteiger partial charge in [0.2, 0.25) is 0 Å². The molecule has 3 nitrogen and oxygen atoms in total. The van der Waals surface area contributed by atoms with Crippen molar-refractivity contribution in [2.24, 2.45) is 0 Å². The molecule has 1 spiro atoms. The number of nitrogens with one attached hydrogen (secondary N) is 1. The first kappa shape index (κ1) is 12.9. The van der Waals surface area contributed by atoms with Crippen LogP contribution in [0.4, 0.5) is 11.4 Å². The molecule has 21 heavy (non-hydrogen) atoms. The summed E-state index contributed by atoms with van der Waals surface area (Å²) in [6.07, 6.45) is 1.63. The first-order valence-electron chi connectivity index (χ1n) is 7.12. The molecule has 1 unspecified atom stereocenters. The highest BCUT2D eigenvalue weighted by molar-refractivity contribution is 9.10. The monoisotopic (exact) mass is 342 g/mol. The zero-order valence-electron chi connectivity index (χ0n) is 11.5. The minimum Gasteiger partial charge on any atom is -0.371 e. The lowest BCUT2D eigenvalue weighted by Crippen LogP contribution is -2.45. The van der Waals surface area contributed by atoms with Gasteiger partial charge in [-0.2, -0.15) is 0 Å². The van der Waals surface area contributed by atoms with E-state index in [4.69, 9.17) is 0 Å². The second-order valence-corrected chi connectivity index (χ2v) is 6.64. The first-order valence-corrected chi connectivity index (χ1v) is 7.91. The predicted octanol–water partition coefficient (Wildman–Crippen LogP) is 3.59. The molecule has 2 aromatic carbocycles. The van der Waals surface area contributed by atoms with Crippen LogP contribution in [0.25, 0.3) is 0 Å². The van der Waals surface area contributed by atoms with Gasteiger partial charge in [-0.3, -0.25) is 4.79 Å². The molecule has 0 radical (unpaired) electrons. The normalized spacial score (nSPS) is 23.5. The molecule has 1 saturated heterocycles. The molecule has 0 bridgehead atoms. The Hall–Kier alpha value is -1.81. The number of para-hydroxylation sites is 1. The van der Waals surface area contributed by atoms with E-state index in [1.54, 1.807) is 0 Å². The van der Waals surface area contributed by atoms with Crippen molar-refractivity contribution in [2.75, 3.05) is 16.8 Å². The fraction of sp³-hybridized carbons (Fsp3) is 0.235. The summed E-state index contributed by atoms with van der Waals surface area (Å²) >= 11 is 3.43. The van der Waals surface area contributed by atoms with E-state index in [1.807, 2.05) is 41.3 Å². The lowest BCUT2D eigenvalue weighted by atomic mass is 9.93. The Morgan fingerprint density at radius 2 is 1.86 bits per heavy atom. The van der Waals surface area contributed by atoms with Gasteiger partial charge in [0.25, 0.3) is 5.91 Å². The highest BCUT2D eigenvalue weighted by Crippen LogP contribution is 2.40. The fourth-order valence-electron chi connectivity index (χ4n) is 3.34. The number of fused-ring (bicyclic) bond motifs is 1. The van der Waals surface area contributed by atoms with Crippen LogP contribution in [0.5, 0.6) is 0 Å². The van der Waals surface area contributed by atoms with E-state index in [0.29, 0.717) is 0 Å². The predicted molar refractivity (Wildman–Crippen MR) is 87.6 cm³/mol. The van der Waals surface area contributed by atoms with Crippen LogP contribution in [0.15, 0.2) is 53.0 Å². The average Bonchev–Trinajstić information content (AvgIpc) is 3.02. The van der Waals surface area contributed by atoms with Crippen molar-refractivity contribution < 1.29 is 4.79 Å². The molecule has 1 fully saturated rings. The van der Waals surface area contributed by atoms with E-state index in [-0.39, 0.29) is 5.91 Å². The molecule has 1 N–H and O–H groups in total. The standard InChI is InChI=1S/C17H15BrN2O/c18-13-5-7-14(8-6-13)20-10-9-17(16(20)21)11-12-3-1-2-4-15(12)19-17/h1-8,19H,9-11H2. The Balaban J connectivity index is 1.64. The van der Waals surface area contributed by atoms with Crippen LogP contribution in [-0.4, -0.2) is 18.0 Å². The molecule has 4 rings (SSSR count). The zero-order valence-corrected chi connectivity index (χ0v) is 13.1. The maximum Gasteiger partial charge on any atom is 0.253 e. The first-order chi connectivity index (χ1) is 10.2. The summed E-state index contributed by atoms with van der Waals surface area (Å²) in [5.74, 6) is 0.182. The minimum absolute atomic E-state index is 0.182. The van der Waals surface area contributed by atoms with Gasteiger partial charge in [0.15, 0.2) is 0 Å². The summed E-state index contributed by atoms with van der Waals surface area (Å²) in [6, 6.07) is 16.1. The van der Waals surface area contributed by atoms with Crippen molar-refractivity contribution in [3.63, 3.8) is 0 Å². The Morgan fingerprint density at radius 1 is 1.10 bits per heavy atom. The molecule has 2 aliphatic rings. The summed E-state index contributed by atoms with van der Waals surface area (Å²) in [4.78, 5) is 14.8. The van der Waals surface area contributed by atoms with Gasteiger partial charge < -0.3 is 10.2 Å². The van der Waals surface area contributed by atoms with Crippen LogP contribution < -0.4 is 10.2 Å². The number of hydrogen-bond donors (Lipinski definition) is 1. The Bertz CT molecular complexity index is 686. The number of carbonyl (C=O) groups is 1. The smallest absolute Gasteiger partial charge is 0.253 e. The van der Waals surface area contributed by atoms with Crippen molar-refractivity contribution >= 4 is 33.2 Å². The van der Waals surface area contributed by atoms with Crippen molar-refractivity contribution in [1.29, 1.82) is 0 Å². The number of amides is 1. The van der Waals surface area contributed by atoms with Crippen molar-refractivity contribution in [3.8, 4) is 0 Å². The third-order valence-corrected chi connectivity index (χ3v) is 4.97. The largest absolute Gasteiger partial charge is 0.371 e. The molecule has 1 amide bonds. The second kappa shape index (κ2) is 4.60. The fourth-order valence-corrected chi connectivity index (χ4v) is 3.60. The van der Waals surface area contributed by atoms with Crippen LogP contribution >= 0.6 is 15.9 Å². The minimum atomic E-state index is -0.448. The average molecular weight is 343 g/mol.